The number of hydrogen-bond acceptors (Lipinski definition) is 2. The van der Waals surface area contributed by atoms with E-state index in [9.17, 15) is 9.18 Å². The highest BCUT2D eigenvalue weighted by Crippen LogP contribution is 2.31. The molecule has 0 aliphatic carbocycles. The molecular weight excluding hydrogens is 209 g/mol. The fraction of sp³-hybridized carbons (Fsp3) is 0.417. The molecular formula is C12H16FNO2. The van der Waals surface area contributed by atoms with E-state index in [1.54, 1.807) is 19.1 Å². The lowest BCUT2D eigenvalue weighted by atomic mass is 9.90. The summed E-state index contributed by atoms with van der Waals surface area (Å²) in [6.45, 7) is 2.12. The van der Waals surface area contributed by atoms with Gasteiger partial charge in [-0.05, 0) is 12.0 Å². The summed E-state index contributed by atoms with van der Waals surface area (Å²) >= 11 is 0. The Morgan fingerprint density at radius 3 is 2.38 bits per heavy atom. The van der Waals surface area contributed by atoms with Crippen molar-refractivity contribution in [1.82, 2.24) is 0 Å². The SMILES string of the molecule is CCCC(F)(C(=O)O)c1ccc(CN)cc1. The van der Waals surface area contributed by atoms with Crippen molar-refractivity contribution < 1.29 is 14.3 Å². The number of nitrogens with two attached hydrogens (primary N) is 1. The monoisotopic (exact) mass is 225 g/mol. The fourth-order valence-electron chi connectivity index (χ4n) is 1.62. The van der Waals surface area contributed by atoms with Crippen LogP contribution in [-0.4, -0.2) is 11.1 Å². The van der Waals surface area contributed by atoms with E-state index in [1.807, 2.05) is 0 Å². The lowest BCUT2D eigenvalue weighted by Gasteiger charge is -2.20. The van der Waals surface area contributed by atoms with Gasteiger partial charge in [0.1, 0.15) is 0 Å². The first kappa shape index (κ1) is 12.6. The molecule has 3 nitrogen and oxygen atoms in total. The van der Waals surface area contributed by atoms with Gasteiger partial charge in [0.05, 0.1) is 0 Å². The number of carboxylic acids is 1. The number of benzene rings is 1. The van der Waals surface area contributed by atoms with Crippen molar-refractivity contribution >= 4 is 5.97 Å². The summed E-state index contributed by atoms with van der Waals surface area (Å²) in [7, 11) is 0. The zero-order chi connectivity index (χ0) is 12.2. The van der Waals surface area contributed by atoms with Gasteiger partial charge in [-0.3, -0.25) is 0 Å². The van der Waals surface area contributed by atoms with Crippen molar-refractivity contribution in [3.05, 3.63) is 35.4 Å². The molecule has 1 rings (SSSR count). The van der Waals surface area contributed by atoms with Crippen LogP contribution in [0.5, 0.6) is 0 Å². The van der Waals surface area contributed by atoms with Crippen LogP contribution in [0, 0.1) is 0 Å². The molecule has 0 aromatic heterocycles. The topological polar surface area (TPSA) is 63.3 Å². The third-order valence-corrected chi connectivity index (χ3v) is 2.58. The standard InChI is InChI=1S/C12H16FNO2/c1-2-7-12(13,11(15)16)10-5-3-9(8-14)4-6-10/h3-6H,2,7-8,14H2,1H3,(H,15,16). The number of carboxylic acid groups (broad SMARTS) is 1. The molecule has 3 N–H and O–H groups in total. The van der Waals surface area contributed by atoms with Crippen molar-refractivity contribution in [2.75, 3.05) is 0 Å². The average Bonchev–Trinajstić information content (AvgIpc) is 2.29. The normalized spacial score (nSPS) is 14.4. The first-order chi connectivity index (χ1) is 7.54. The number of alkyl halides is 1. The molecule has 0 saturated carbocycles. The quantitative estimate of drug-likeness (QED) is 0.807. The highest BCUT2D eigenvalue weighted by atomic mass is 19.1. The molecule has 1 aromatic carbocycles. The summed E-state index contributed by atoms with van der Waals surface area (Å²) in [5.41, 5.74) is 4.16. The molecule has 0 bridgehead atoms. The molecule has 0 saturated heterocycles. The van der Waals surface area contributed by atoms with Crippen LogP contribution in [-0.2, 0) is 17.0 Å². The number of halogens is 1. The summed E-state index contributed by atoms with van der Waals surface area (Å²) in [4.78, 5) is 11.0. The Labute approximate surface area is 94.1 Å². The zero-order valence-electron chi connectivity index (χ0n) is 9.24. The van der Waals surface area contributed by atoms with Crippen LogP contribution in [0.2, 0.25) is 0 Å². The minimum Gasteiger partial charge on any atom is -0.479 e. The molecule has 1 unspecified atom stereocenters. The lowest BCUT2D eigenvalue weighted by molar-refractivity contribution is -0.152. The van der Waals surface area contributed by atoms with Gasteiger partial charge >= 0.3 is 5.97 Å². The van der Waals surface area contributed by atoms with Crippen LogP contribution in [0.25, 0.3) is 0 Å². The Morgan fingerprint density at radius 1 is 1.44 bits per heavy atom. The number of aliphatic carboxylic acids is 1. The first-order valence-electron chi connectivity index (χ1n) is 5.26. The summed E-state index contributed by atoms with van der Waals surface area (Å²) in [5.74, 6) is -1.44. The number of hydrogen-bond donors (Lipinski definition) is 2. The minimum absolute atomic E-state index is 0.0235. The van der Waals surface area contributed by atoms with Crippen LogP contribution in [0.4, 0.5) is 4.39 Å². The van der Waals surface area contributed by atoms with Crippen LogP contribution in [0.1, 0.15) is 30.9 Å². The maximum Gasteiger partial charge on any atom is 0.346 e. The number of carbonyl (C=O) groups is 1. The van der Waals surface area contributed by atoms with E-state index in [0.29, 0.717) is 13.0 Å². The van der Waals surface area contributed by atoms with E-state index in [2.05, 4.69) is 0 Å². The van der Waals surface area contributed by atoms with Gasteiger partial charge in [0.2, 0.25) is 5.67 Å². The predicted octanol–water partition coefficient (Wildman–Crippen LogP) is 2.19. The van der Waals surface area contributed by atoms with E-state index in [-0.39, 0.29) is 12.0 Å². The molecule has 0 spiro atoms. The van der Waals surface area contributed by atoms with Crippen molar-refractivity contribution in [3.63, 3.8) is 0 Å². The molecule has 0 radical (unpaired) electrons. The molecule has 0 fully saturated rings. The zero-order valence-corrected chi connectivity index (χ0v) is 9.24. The van der Waals surface area contributed by atoms with E-state index < -0.39 is 11.6 Å². The Balaban J connectivity index is 3.06. The van der Waals surface area contributed by atoms with Gasteiger partial charge in [0, 0.05) is 12.1 Å². The van der Waals surface area contributed by atoms with Gasteiger partial charge in [-0.15, -0.1) is 0 Å². The van der Waals surface area contributed by atoms with Gasteiger partial charge in [-0.25, -0.2) is 9.18 Å². The van der Waals surface area contributed by atoms with Crippen LogP contribution >= 0.6 is 0 Å². The van der Waals surface area contributed by atoms with E-state index in [0.717, 1.165) is 5.56 Å². The molecule has 0 heterocycles. The molecule has 1 atom stereocenters. The average molecular weight is 225 g/mol. The Hall–Kier alpha value is -1.42. The second-order valence-corrected chi connectivity index (χ2v) is 3.76. The van der Waals surface area contributed by atoms with Crippen LogP contribution in [0.15, 0.2) is 24.3 Å². The van der Waals surface area contributed by atoms with E-state index in [1.165, 1.54) is 12.1 Å². The third-order valence-electron chi connectivity index (χ3n) is 2.58. The van der Waals surface area contributed by atoms with E-state index >= 15 is 0 Å². The molecule has 0 aliphatic rings. The predicted molar refractivity (Wildman–Crippen MR) is 59.7 cm³/mol. The van der Waals surface area contributed by atoms with E-state index in [4.69, 9.17) is 10.8 Å². The minimum atomic E-state index is -2.29. The van der Waals surface area contributed by atoms with Gasteiger partial charge < -0.3 is 10.8 Å². The second kappa shape index (κ2) is 5.07. The second-order valence-electron chi connectivity index (χ2n) is 3.76. The van der Waals surface area contributed by atoms with Crippen molar-refractivity contribution in [2.24, 2.45) is 5.73 Å². The molecule has 4 heteroatoms. The van der Waals surface area contributed by atoms with Gasteiger partial charge in [-0.2, -0.15) is 0 Å². The smallest absolute Gasteiger partial charge is 0.346 e. The molecule has 0 aliphatic heterocycles. The maximum absolute atomic E-state index is 14.3. The van der Waals surface area contributed by atoms with Crippen molar-refractivity contribution in [2.45, 2.75) is 32.0 Å². The Bertz CT molecular complexity index is 364. The molecule has 88 valence electrons. The highest BCUT2D eigenvalue weighted by molar-refractivity contribution is 5.79. The van der Waals surface area contributed by atoms with Gasteiger partial charge in [0.25, 0.3) is 0 Å². The summed E-state index contributed by atoms with van der Waals surface area (Å²) < 4.78 is 14.3. The van der Waals surface area contributed by atoms with Gasteiger partial charge in [0.15, 0.2) is 0 Å². The maximum atomic E-state index is 14.3. The third kappa shape index (κ3) is 2.39. The summed E-state index contributed by atoms with van der Waals surface area (Å²) in [6.07, 6.45) is 0.450. The summed E-state index contributed by atoms with van der Waals surface area (Å²) in [5, 5.41) is 8.94. The largest absolute Gasteiger partial charge is 0.479 e. The molecule has 0 amide bonds. The van der Waals surface area contributed by atoms with Crippen molar-refractivity contribution in [3.8, 4) is 0 Å². The lowest BCUT2D eigenvalue weighted by Crippen LogP contribution is -2.30. The highest BCUT2D eigenvalue weighted by Gasteiger charge is 2.39. The fourth-order valence-corrected chi connectivity index (χ4v) is 1.62. The summed E-state index contributed by atoms with van der Waals surface area (Å²) in [6, 6.07) is 6.29. The Morgan fingerprint density at radius 2 is 2.00 bits per heavy atom. The van der Waals surface area contributed by atoms with Crippen LogP contribution < -0.4 is 5.73 Å². The Kier molecular flexibility index (Phi) is 4.01. The van der Waals surface area contributed by atoms with Crippen LogP contribution in [0.3, 0.4) is 0 Å². The van der Waals surface area contributed by atoms with Crippen molar-refractivity contribution in [1.29, 1.82) is 0 Å². The first-order valence-corrected chi connectivity index (χ1v) is 5.26. The molecule has 1 aromatic rings. The molecule has 16 heavy (non-hydrogen) atoms. The van der Waals surface area contributed by atoms with Gasteiger partial charge in [-0.1, -0.05) is 37.6 Å². The number of rotatable bonds is 5.